The summed E-state index contributed by atoms with van der Waals surface area (Å²) >= 11 is 0. The number of rotatable bonds is 6. The third-order valence-corrected chi connectivity index (χ3v) is 1.53. The number of nitrogens with one attached hydrogen (secondary N) is 1. The normalized spacial score (nSPS) is 12.7. The van der Waals surface area contributed by atoms with Gasteiger partial charge in [-0.25, -0.2) is 0 Å². The summed E-state index contributed by atoms with van der Waals surface area (Å²) in [5.41, 5.74) is 4.01. The third kappa shape index (κ3) is 6.34. The van der Waals surface area contributed by atoms with Gasteiger partial charge in [-0.2, -0.15) is 0 Å². The zero-order chi connectivity index (χ0) is 9.40. The fraction of sp³-hybridized carbons (Fsp3) is 0.778. The lowest BCUT2D eigenvalue weighted by Crippen LogP contribution is -2.34. The van der Waals surface area contributed by atoms with Crippen molar-refractivity contribution in [1.82, 2.24) is 5.43 Å². The monoisotopic (exact) mass is 172 g/mol. The first kappa shape index (κ1) is 11.6. The lowest BCUT2D eigenvalue weighted by molar-refractivity contribution is 0.140. The highest BCUT2D eigenvalue weighted by Gasteiger charge is 2.00. The summed E-state index contributed by atoms with van der Waals surface area (Å²) in [5, 5.41) is 0. The van der Waals surface area contributed by atoms with Gasteiger partial charge in [0.15, 0.2) is 0 Å². The van der Waals surface area contributed by atoms with Gasteiger partial charge in [0.1, 0.15) is 0 Å². The van der Waals surface area contributed by atoms with Crippen molar-refractivity contribution in [2.24, 2.45) is 5.84 Å². The molecule has 0 spiro atoms. The molecule has 3 nitrogen and oxygen atoms in total. The smallest absolute Gasteiger partial charge is 0.0484 e. The number of allylic oxidation sites excluding steroid dienone is 1. The molecule has 0 aromatic carbocycles. The standard InChI is InChI=1S/C9H20N2O/c1-4-12-6-5-9(11-10)7-8(2)3/h7,9,11H,4-6,10H2,1-3H3. The topological polar surface area (TPSA) is 47.3 Å². The van der Waals surface area contributed by atoms with E-state index in [-0.39, 0.29) is 6.04 Å². The molecule has 1 unspecified atom stereocenters. The van der Waals surface area contributed by atoms with Gasteiger partial charge in [-0.3, -0.25) is 11.3 Å². The van der Waals surface area contributed by atoms with Crippen LogP contribution in [-0.2, 0) is 4.74 Å². The molecule has 0 aliphatic carbocycles. The second kappa shape index (κ2) is 7.28. The van der Waals surface area contributed by atoms with E-state index >= 15 is 0 Å². The van der Waals surface area contributed by atoms with Crippen LogP contribution in [0.1, 0.15) is 27.2 Å². The quantitative estimate of drug-likeness (QED) is 0.274. The zero-order valence-electron chi connectivity index (χ0n) is 8.26. The highest BCUT2D eigenvalue weighted by atomic mass is 16.5. The Morgan fingerprint density at radius 3 is 2.67 bits per heavy atom. The molecule has 0 aromatic heterocycles. The van der Waals surface area contributed by atoms with Crippen LogP contribution in [0.2, 0.25) is 0 Å². The van der Waals surface area contributed by atoms with Crippen molar-refractivity contribution in [3.63, 3.8) is 0 Å². The second-order valence-corrected chi connectivity index (χ2v) is 3.00. The molecule has 0 amide bonds. The van der Waals surface area contributed by atoms with Gasteiger partial charge in [-0.1, -0.05) is 11.6 Å². The van der Waals surface area contributed by atoms with Gasteiger partial charge in [-0.05, 0) is 27.2 Å². The molecule has 3 heteroatoms. The summed E-state index contributed by atoms with van der Waals surface area (Å²) in [6.07, 6.45) is 3.04. The van der Waals surface area contributed by atoms with Crippen molar-refractivity contribution in [3.05, 3.63) is 11.6 Å². The SMILES string of the molecule is CCOCCC(C=C(C)C)NN. The van der Waals surface area contributed by atoms with Crippen molar-refractivity contribution >= 4 is 0 Å². The highest BCUT2D eigenvalue weighted by molar-refractivity contribution is 5.00. The largest absolute Gasteiger partial charge is 0.382 e. The number of hydrogen-bond acceptors (Lipinski definition) is 3. The summed E-state index contributed by atoms with van der Waals surface area (Å²) in [4.78, 5) is 0. The van der Waals surface area contributed by atoms with E-state index in [0.29, 0.717) is 0 Å². The molecule has 0 aromatic rings. The van der Waals surface area contributed by atoms with E-state index in [4.69, 9.17) is 10.6 Å². The van der Waals surface area contributed by atoms with Gasteiger partial charge >= 0.3 is 0 Å². The summed E-state index contributed by atoms with van der Waals surface area (Å²) in [5.74, 6) is 5.35. The molecule has 0 saturated carbocycles. The van der Waals surface area contributed by atoms with Crippen LogP contribution in [-0.4, -0.2) is 19.3 Å². The molecular weight excluding hydrogens is 152 g/mol. The summed E-state index contributed by atoms with van der Waals surface area (Å²) in [6, 6.07) is 0.238. The molecule has 0 fully saturated rings. The lowest BCUT2D eigenvalue weighted by Gasteiger charge is -2.11. The van der Waals surface area contributed by atoms with Gasteiger partial charge < -0.3 is 4.74 Å². The summed E-state index contributed by atoms with van der Waals surface area (Å²) in [7, 11) is 0. The van der Waals surface area contributed by atoms with Crippen molar-refractivity contribution in [3.8, 4) is 0 Å². The van der Waals surface area contributed by atoms with Crippen molar-refractivity contribution in [2.45, 2.75) is 33.2 Å². The van der Waals surface area contributed by atoms with Crippen LogP contribution in [0.15, 0.2) is 11.6 Å². The van der Waals surface area contributed by atoms with Crippen molar-refractivity contribution < 1.29 is 4.74 Å². The van der Waals surface area contributed by atoms with Crippen LogP contribution in [0.4, 0.5) is 0 Å². The Kier molecular flexibility index (Phi) is 7.05. The van der Waals surface area contributed by atoms with Gasteiger partial charge in [0.05, 0.1) is 0 Å². The van der Waals surface area contributed by atoms with Crippen LogP contribution in [0.25, 0.3) is 0 Å². The lowest BCUT2D eigenvalue weighted by atomic mass is 10.1. The maximum absolute atomic E-state index is 5.35. The molecule has 0 rings (SSSR count). The first-order valence-corrected chi connectivity index (χ1v) is 4.39. The Bertz CT molecular complexity index is 130. The molecule has 0 heterocycles. The minimum absolute atomic E-state index is 0.238. The molecule has 72 valence electrons. The molecule has 1 atom stereocenters. The maximum Gasteiger partial charge on any atom is 0.0484 e. The van der Waals surface area contributed by atoms with E-state index in [1.165, 1.54) is 5.57 Å². The van der Waals surface area contributed by atoms with E-state index in [0.717, 1.165) is 19.6 Å². The van der Waals surface area contributed by atoms with E-state index in [2.05, 4.69) is 25.3 Å². The first-order chi connectivity index (χ1) is 5.70. The Hall–Kier alpha value is -0.380. The van der Waals surface area contributed by atoms with Gasteiger partial charge in [-0.15, -0.1) is 0 Å². The van der Waals surface area contributed by atoms with Crippen molar-refractivity contribution in [2.75, 3.05) is 13.2 Å². The molecule has 0 bridgehead atoms. The van der Waals surface area contributed by atoms with E-state index in [1.807, 2.05) is 6.92 Å². The van der Waals surface area contributed by atoms with Crippen LogP contribution >= 0.6 is 0 Å². The van der Waals surface area contributed by atoms with Gasteiger partial charge in [0.2, 0.25) is 0 Å². The first-order valence-electron chi connectivity index (χ1n) is 4.39. The molecule has 0 aliphatic rings. The third-order valence-electron chi connectivity index (χ3n) is 1.53. The van der Waals surface area contributed by atoms with Gasteiger partial charge in [0, 0.05) is 19.3 Å². The fourth-order valence-corrected chi connectivity index (χ4v) is 0.972. The van der Waals surface area contributed by atoms with Crippen LogP contribution in [0.5, 0.6) is 0 Å². The minimum atomic E-state index is 0.238. The van der Waals surface area contributed by atoms with E-state index in [1.54, 1.807) is 0 Å². The average Bonchev–Trinajstić information content (AvgIpc) is 2.02. The Morgan fingerprint density at radius 1 is 1.58 bits per heavy atom. The molecule has 0 saturated heterocycles. The molecule has 0 radical (unpaired) electrons. The minimum Gasteiger partial charge on any atom is -0.382 e. The van der Waals surface area contributed by atoms with Crippen LogP contribution < -0.4 is 11.3 Å². The molecule has 0 aliphatic heterocycles. The number of hydrogen-bond donors (Lipinski definition) is 2. The number of ether oxygens (including phenoxy) is 1. The number of hydrazine groups is 1. The predicted octanol–water partition coefficient (Wildman–Crippen LogP) is 1.21. The van der Waals surface area contributed by atoms with E-state index < -0.39 is 0 Å². The van der Waals surface area contributed by atoms with Crippen LogP contribution in [0, 0.1) is 0 Å². The Labute approximate surface area is 74.9 Å². The molecule has 12 heavy (non-hydrogen) atoms. The maximum atomic E-state index is 5.35. The zero-order valence-corrected chi connectivity index (χ0v) is 8.26. The fourth-order valence-electron chi connectivity index (χ4n) is 0.972. The Balaban J connectivity index is 3.61. The molecular formula is C9H20N2O. The second-order valence-electron chi connectivity index (χ2n) is 3.00. The van der Waals surface area contributed by atoms with Crippen molar-refractivity contribution in [1.29, 1.82) is 0 Å². The van der Waals surface area contributed by atoms with Gasteiger partial charge in [0.25, 0.3) is 0 Å². The predicted molar refractivity (Wildman–Crippen MR) is 51.7 cm³/mol. The number of nitrogens with two attached hydrogens (primary N) is 1. The average molecular weight is 172 g/mol. The molecule has 3 N–H and O–H groups in total. The van der Waals surface area contributed by atoms with Crippen LogP contribution in [0.3, 0.4) is 0 Å². The van der Waals surface area contributed by atoms with E-state index in [9.17, 15) is 0 Å². The highest BCUT2D eigenvalue weighted by Crippen LogP contribution is 1.98. The summed E-state index contributed by atoms with van der Waals surface area (Å²) < 4.78 is 5.22. The Morgan fingerprint density at radius 2 is 2.25 bits per heavy atom. The summed E-state index contributed by atoms with van der Waals surface area (Å²) in [6.45, 7) is 7.64.